The summed E-state index contributed by atoms with van der Waals surface area (Å²) in [5, 5.41) is 5.80. The van der Waals surface area contributed by atoms with Crippen LogP contribution in [-0.4, -0.2) is 44.7 Å². The Morgan fingerprint density at radius 1 is 1.24 bits per heavy atom. The standard InChI is InChI=1S/C19H29N3O3/c1-4-14(2)20-19(24)16-12-15(21-18(23)13-25-3)8-9-17(16)22-10-6-5-7-11-22/h8-9,12,14H,4-7,10-11,13H2,1-3H3,(H,20,24)(H,21,23). The zero-order valence-electron chi connectivity index (χ0n) is 15.4. The molecule has 0 spiro atoms. The molecule has 0 radical (unpaired) electrons. The topological polar surface area (TPSA) is 70.7 Å². The van der Waals surface area contributed by atoms with Crippen molar-refractivity contribution in [2.75, 3.05) is 37.0 Å². The largest absolute Gasteiger partial charge is 0.375 e. The summed E-state index contributed by atoms with van der Waals surface area (Å²) in [6, 6.07) is 5.64. The minimum Gasteiger partial charge on any atom is -0.375 e. The fourth-order valence-corrected chi connectivity index (χ4v) is 2.94. The van der Waals surface area contributed by atoms with E-state index in [-0.39, 0.29) is 24.5 Å². The smallest absolute Gasteiger partial charge is 0.253 e. The van der Waals surface area contributed by atoms with E-state index in [1.807, 2.05) is 26.0 Å². The van der Waals surface area contributed by atoms with Crippen molar-refractivity contribution in [3.8, 4) is 0 Å². The summed E-state index contributed by atoms with van der Waals surface area (Å²) in [5.41, 5.74) is 2.15. The van der Waals surface area contributed by atoms with Gasteiger partial charge in [0.2, 0.25) is 5.91 Å². The van der Waals surface area contributed by atoms with Crippen LogP contribution in [-0.2, 0) is 9.53 Å². The van der Waals surface area contributed by atoms with E-state index in [0.29, 0.717) is 11.3 Å². The van der Waals surface area contributed by atoms with Crippen molar-refractivity contribution >= 4 is 23.2 Å². The molecule has 0 aliphatic carbocycles. The number of amides is 2. The summed E-state index contributed by atoms with van der Waals surface area (Å²) in [6.45, 7) is 5.93. The van der Waals surface area contributed by atoms with Gasteiger partial charge in [-0.05, 0) is 50.8 Å². The van der Waals surface area contributed by atoms with Gasteiger partial charge < -0.3 is 20.3 Å². The van der Waals surface area contributed by atoms with Crippen LogP contribution in [0.3, 0.4) is 0 Å². The van der Waals surface area contributed by atoms with Crippen molar-refractivity contribution in [1.82, 2.24) is 5.32 Å². The minimum atomic E-state index is -0.235. The van der Waals surface area contributed by atoms with Crippen molar-refractivity contribution in [1.29, 1.82) is 0 Å². The molecule has 0 bridgehead atoms. The van der Waals surface area contributed by atoms with E-state index in [0.717, 1.165) is 38.0 Å². The van der Waals surface area contributed by atoms with E-state index in [1.54, 1.807) is 6.07 Å². The van der Waals surface area contributed by atoms with Crippen LogP contribution in [0.1, 0.15) is 49.9 Å². The van der Waals surface area contributed by atoms with Crippen molar-refractivity contribution in [3.05, 3.63) is 23.8 Å². The lowest BCUT2D eigenvalue weighted by Gasteiger charge is -2.31. The number of carbonyl (C=O) groups is 2. The number of benzene rings is 1. The average molecular weight is 347 g/mol. The van der Waals surface area contributed by atoms with Crippen molar-refractivity contribution < 1.29 is 14.3 Å². The van der Waals surface area contributed by atoms with Gasteiger partial charge in [-0.25, -0.2) is 0 Å². The number of piperidine rings is 1. The maximum atomic E-state index is 12.8. The maximum absolute atomic E-state index is 12.8. The SMILES string of the molecule is CCC(C)NC(=O)c1cc(NC(=O)COC)ccc1N1CCCCC1. The van der Waals surface area contributed by atoms with Crippen LogP contribution < -0.4 is 15.5 Å². The van der Waals surface area contributed by atoms with E-state index in [4.69, 9.17) is 4.74 Å². The van der Waals surface area contributed by atoms with Crippen LogP contribution in [0.15, 0.2) is 18.2 Å². The molecule has 0 aromatic heterocycles. The molecular weight excluding hydrogens is 318 g/mol. The molecule has 6 heteroatoms. The highest BCUT2D eigenvalue weighted by molar-refractivity contribution is 6.02. The first-order valence-corrected chi connectivity index (χ1v) is 9.03. The Balaban J connectivity index is 2.27. The molecule has 1 atom stereocenters. The summed E-state index contributed by atoms with van der Waals surface area (Å²) < 4.78 is 4.84. The normalized spacial score (nSPS) is 15.6. The summed E-state index contributed by atoms with van der Waals surface area (Å²) in [7, 11) is 1.48. The summed E-state index contributed by atoms with van der Waals surface area (Å²) in [4.78, 5) is 26.8. The van der Waals surface area contributed by atoms with Crippen LogP contribution >= 0.6 is 0 Å². The second-order valence-corrected chi connectivity index (χ2v) is 6.54. The molecule has 1 aliphatic rings. The first-order valence-electron chi connectivity index (χ1n) is 9.03. The Kier molecular flexibility index (Phi) is 7.25. The lowest BCUT2D eigenvalue weighted by molar-refractivity contribution is -0.119. The molecule has 2 N–H and O–H groups in total. The number of nitrogens with one attached hydrogen (secondary N) is 2. The van der Waals surface area contributed by atoms with Gasteiger partial charge in [0.1, 0.15) is 6.61 Å². The third-order valence-electron chi connectivity index (χ3n) is 4.49. The van der Waals surface area contributed by atoms with Crippen LogP contribution in [0.4, 0.5) is 11.4 Å². The van der Waals surface area contributed by atoms with E-state index < -0.39 is 0 Å². The third kappa shape index (κ3) is 5.46. The molecular formula is C19H29N3O3. The molecule has 1 fully saturated rings. The first kappa shape index (κ1) is 19.2. The lowest BCUT2D eigenvalue weighted by Crippen LogP contribution is -2.35. The lowest BCUT2D eigenvalue weighted by atomic mass is 10.1. The van der Waals surface area contributed by atoms with Gasteiger partial charge in [0.05, 0.1) is 5.56 Å². The summed E-state index contributed by atoms with van der Waals surface area (Å²) >= 11 is 0. The Morgan fingerprint density at radius 2 is 1.96 bits per heavy atom. The Hall–Kier alpha value is -2.08. The van der Waals surface area contributed by atoms with Gasteiger partial charge in [-0.15, -0.1) is 0 Å². The van der Waals surface area contributed by atoms with E-state index in [1.165, 1.54) is 13.5 Å². The van der Waals surface area contributed by atoms with Gasteiger partial charge in [0, 0.05) is 37.6 Å². The van der Waals surface area contributed by atoms with Crippen LogP contribution in [0.2, 0.25) is 0 Å². The van der Waals surface area contributed by atoms with E-state index in [2.05, 4.69) is 15.5 Å². The molecule has 1 saturated heterocycles. The van der Waals surface area contributed by atoms with E-state index in [9.17, 15) is 9.59 Å². The number of methoxy groups -OCH3 is 1. The Labute approximate surface area is 149 Å². The maximum Gasteiger partial charge on any atom is 0.253 e. The van der Waals surface area contributed by atoms with Crippen molar-refractivity contribution in [2.24, 2.45) is 0 Å². The highest BCUT2D eigenvalue weighted by Crippen LogP contribution is 2.27. The number of rotatable bonds is 7. The predicted octanol–water partition coefficient (Wildman–Crippen LogP) is 2.79. The van der Waals surface area contributed by atoms with Crippen LogP contribution in [0.5, 0.6) is 0 Å². The number of hydrogen-bond donors (Lipinski definition) is 2. The number of anilines is 2. The molecule has 2 amide bonds. The molecule has 2 rings (SSSR count). The van der Waals surface area contributed by atoms with Gasteiger partial charge in [0.15, 0.2) is 0 Å². The van der Waals surface area contributed by atoms with Crippen molar-refractivity contribution in [3.63, 3.8) is 0 Å². The number of nitrogens with zero attached hydrogens (tertiary/aromatic N) is 1. The fraction of sp³-hybridized carbons (Fsp3) is 0.579. The summed E-state index contributed by atoms with van der Waals surface area (Å²) in [6.07, 6.45) is 4.38. The average Bonchev–Trinajstić information content (AvgIpc) is 2.62. The molecule has 1 unspecified atom stereocenters. The van der Waals surface area contributed by atoms with Gasteiger partial charge >= 0.3 is 0 Å². The molecule has 1 aromatic carbocycles. The van der Waals surface area contributed by atoms with Gasteiger partial charge in [-0.2, -0.15) is 0 Å². The highest BCUT2D eigenvalue weighted by atomic mass is 16.5. The Morgan fingerprint density at radius 3 is 2.60 bits per heavy atom. The van der Waals surface area contributed by atoms with Crippen molar-refractivity contribution in [2.45, 2.75) is 45.6 Å². The molecule has 6 nitrogen and oxygen atoms in total. The van der Waals surface area contributed by atoms with E-state index >= 15 is 0 Å². The second-order valence-electron chi connectivity index (χ2n) is 6.54. The molecule has 1 aliphatic heterocycles. The zero-order valence-corrected chi connectivity index (χ0v) is 15.4. The summed E-state index contributed by atoms with van der Waals surface area (Å²) in [5.74, 6) is -0.334. The monoisotopic (exact) mass is 347 g/mol. The third-order valence-corrected chi connectivity index (χ3v) is 4.49. The predicted molar refractivity (Wildman–Crippen MR) is 100 cm³/mol. The molecule has 25 heavy (non-hydrogen) atoms. The minimum absolute atomic E-state index is 0.0116. The van der Waals surface area contributed by atoms with Crippen LogP contribution in [0.25, 0.3) is 0 Å². The number of ether oxygens (including phenoxy) is 1. The Bertz CT molecular complexity index is 598. The first-order chi connectivity index (χ1) is 12.0. The molecule has 0 saturated carbocycles. The zero-order chi connectivity index (χ0) is 18.2. The molecule has 1 aromatic rings. The highest BCUT2D eigenvalue weighted by Gasteiger charge is 2.20. The van der Waals surface area contributed by atoms with Gasteiger partial charge in [-0.3, -0.25) is 9.59 Å². The fourth-order valence-electron chi connectivity index (χ4n) is 2.94. The second kappa shape index (κ2) is 9.42. The molecule has 138 valence electrons. The number of carbonyl (C=O) groups excluding carboxylic acids is 2. The van der Waals surface area contributed by atoms with Gasteiger partial charge in [0.25, 0.3) is 5.91 Å². The number of hydrogen-bond acceptors (Lipinski definition) is 4. The van der Waals surface area contributed by atoms with Gasteiger partial charge in [-0.1, -0.05) is 6.92 Å². The molecule has 1 heterocycles. The quantitative estimate of drug-likeness (QED) is 0.796. The van der Waals surface area contributed by atoms with Crippen LogP contribution in [0, 0.1) is 0 Å².